The molecule has 0 fully saturated rings. The third-order valence-corrected chi connectivity index (χ3v) is 9.03. The molecule has 26 heteroatoms. The number of carbonyl (C=O) groups excluding carboxylic acids is 11. The van der Waals surface area contributed by atoms with Gasteiger partial charge in [0.15, 0.2) is 23.7 Å². The van der Waals surface area contributed by atoms with Gasteiger partial charge >= 0.3 is 29.8 Å². The third kappa shape index (κ3) is 19.5. The maximum absolute atomic E-state index is 12.0. The summed E-state index contributed by atoms with van der Waals surface area (Å²) >= 11 is 0. The van der Waals surface area contributed by atoms with Crippen LogP contribution in [0.5, 0.6) is 0 Å². The van der Waals surface area contributed by atoms with Crippen LogP contribution in [0.25, 0.3) is 0 Å². The number of hydrogen-bond donors (Lipinski definition) is 0. The number of esters is 5. The third-order valence-electron chi connectivity index (χ3n) is 9.03. The van der Waals surface area contributed by atoms with E-state index in [4.69, 9.17) is 30.0 Å². The number of aliphatic imine (C=N–C) groups is 4. The molecule has 0 spiro atoms. The number of ether oxygens (including phenoxy) is 8. The second-order valence-electron chi connectivity index (χ2n) is 13.2. The molecule has 2 aromatic rings. The van der Waals surface area contributed by atoms with Crippen LogP contribution in [0, 0.1) is 34.6 Å². The Morgan fingerprint density at radius 3 is 1.06 bits per heavy atom. The standard InChI is InChI=1S/C18H15N3O9.C14H12N2O6.C12H16N2O4/c1-27-16(24)13(20-8-22)10-4-11(14(21-9-23)17(25)28-2)6-12(5-10)15(30-7-19)18(26)29-3;1-19-13(17)11(21-7-15)9-5-3-4-6-10(9)12(22-8-16)14(18)20-2;1-9(17)11(13-7-15)5-3-4-6-12(10(2)18)14-8-16/h4-6,13-15H,1-3H3;3-6,11-12H,1-2H3;11-12H,3-6H2,1-2H3. The van der Waals surface area contributed by atoms with E-state index in [1.54, 1.807) is 12.1 Å². The molecule has 0 N–H and O–H groups in total. The Hall–Kier alpha value is -9.48. The highest BCUT2D eigenvalue weighted by Gasteiger charge is 2.34. The first-order valence-electron chi connectivity index (χ1n) is 19.6. The molecule has 0 aliphatic carbocycles. The second-order valence-corrected chi connectivity index (χ2v) is 13.2. The van der Waals surface area contributed by atoms with E-state index in [1.807, 2.05) is 0 Å². The lowest BCUT2D eigenvalue weighted by atomic mass is 9.94. The predicted molar refractivity (Wildman–Crippen MR) is 227 cm³/mol. The first-order valence-corrected chi connectivity index (χ1v) is 19.6. The highest BCUT2D eigenvalue weighted by molar-refractivity contribution is 5.84. The van der Waals surface area contributed by atoms with Crippen LogP contribution in [0.3, 0.4) is 0 Å². The Bertz CT molecular complexity index is 2350. The van der Waals surface area contributed by atoms with Crippen molar-refractivity contribution in [1.29, 1.82) is 15.8 Å². The lowest BCUT2D eigenvalue weighted by molar-refractivity contribution is -0.152. The number of Topliss-reactive ketones (excluding diaryl/α,β-unsaturated/α-hetero) is 2. The van der Waals surface area contributed by atoms with E-state index in [-0.39, 0.29) is 39.4 Å². The molecule has 2 rings (SSSR count). The van der Waals surface area contributed by atoms with Gasteiger partial charge < -0.3 is 37.9 Å². The summed E-state index contributed by atoms with van der Waals surface area (Å²) in [7, 11) is 5.39. The number of isocyanates is 4. The van der Waals surface area contributed by atoms with Crippen molar-refractivity contribution in [2.75, 3.05) is 35.5 Å². The SMILES string of the molecule is CC(=O)C(CCCCC(N=C=O)C(C)=O)N=C=O.COC(=O)C(N=C=O)c1cc(C(N=C=O)C(=O)OC)cc(C(OC#N)C(=O)OC)c1.COC(=O)C(OC#N)c1ccccc1C(OC#N)C(=O)OC. The quantitative estimate of drug-likeness (QED) is 0.0364. The van der Waals surface area contributed by atoms with E-state index < -0.39 is 72.3 Å². The highest BCUT2D eigenvalue weighted by Crippen LogP contribution is 2.32. The monoisotopic (exact) mass is 973 g/mol. The minimum absolute atomic E-state index is 0.0526. The summed E-state index contributed by atoms with van der Waals surface area (Å²) in [5, 5.41) is 26.2. The summed E-state index contributed by atoms with van der Waals surface area (Å²) in [5.74, 6) is -4.97. The Balaban J connectivity index is 0.00000106. The van der Waals surface area contributed by atoms with Crippen LogP contribution in [0.2, 0.25) is 0 Å². The summed E-state index contributed by atoms with van der Waals surface area (Å²) in [6.07, 6.45) is 7.03. The smallest absolute Gasteiger partial charge is 0.353 e. The molecule has 0 aliphatic rings. The fourth-order valence-electron chi connectivity index (χ4n) is 5.74. The number of nitrogens with zero attached hydrogens (tertiary/aromatic N) is 7. The van der Waals surface area contributed by atoms with Crippen molar-refractivity contribution in [1.82, 2.24) is 0 Å². The lowest BCUT2D eigenvalue weighted by Crippen LogP contribution is -2.22. The summed E-state index contributed by atoms with van der Waals surface area (Å²) in [6, 6.07) is 5.24. The molecule has 368 valence electrons. The normalized spacial score (nSPS) is 12.4. The molecule has 7 atom stereocenters. The Morgan fingerprint density at radius 2 is 0.771 bits per heavy atom. The number of ketones is 2. The van der Waals surface area contributed by atoms with Gasteiger partial charge in [-0.1, -0.05) is 43.2 Å². The van der Waals surface area contributed by atoms with E-state index in [0.717, 1.165) is 35.5 Å². The zero-order valence-corrected chi connectivity index (χ0v) is 38.3. The van der Waals surface area contributed by atoms with Gasteiger partial charge in [-0.15, -0.1) is 0 Å². The first kappa shape index (κ1) is 60.5. The molecular weight excluding hydrogens is 931 g/mol. The van der Waals surface area contributed by atoms with Crippen molar-refractivity contribution >= 4 is 65.7 Å². The number of rotatable bonds is 24. The maximum atomic E-state index is 12.0. The average Bonchev–Trinajstić information content (AvgIpc) is 3.36. The second kappa shape index (κ2) is 33.9. The molecule has 0 aromatic heterocycles. The van der Waals surface area contributed by atoms with Gasteiger partial charge in [-0.05, 0) is 49.9 Å². The molecule has 0 bridgehead atoms. The van der Waals surface area contributed by atoms with Gasteiger partial charge in [0.25, 0.3) is 18.8 Å². The van der Waals surface area contributed by atoms with E-state index in [2.05, 4.69) is 43.7 Å². The van der Waals surface area contributed by atoms with Gasteiger partial charge in [-0.3, -0.25) is 9.59 Å². The topological polar surface area (TPSA) is 382 Å². The Labute approximate surface area is 398 Å². The minimum Gasteiger partial charge on any atom is -0.467 e. The van der Waals surface area contributed by atoms with Crippen LogP contribution in [0.4, 0.5) is 0 Å². The fraction of sp³-hybridized carbons (Fsp3) is 0.409. The van der Waals surface area contributed by atoms with Crippen molar-refractivity contribution in [2.45, 2.75) is 82.0 Å². The van der Waals surface area contributed by atoms with Crippen LogP contribution in [-0.2, 0) is 90.6 Å². The van der Waals surface area contributed by atoms with Crippen LogP contribution >= 0.6 is 0 Å². The number of methoxy groups -OCH3 is 5. The van der Waals surface area contributed by atoms with Gasteiger partial charge in [0.05, 0.1) is 35.5 Å². The first-order chi connectivity index (χ1) is 33.5. The molecule has 0 aliphatic heterocycles. The molecule has 0 heterocycles. The van der Waals surface area contributed by atoms with Crippen molar-refractivity contribution in [3.05, 3.63) is 70.3 Å². The number of carbonyl (C=O) groups is 7. The summed E-state index contributed by atoms with van der Waals surface area (Å²) < 4.78 is 37.0. The number of nitriles is 3. The summed E-state index contributed by atoms with van der Waals surface area (Å²) in [5.41, 5.74) is 0.135. The molecule has 2 aromatic carbocycles. The number of benzene rings is 2. The fourth-order valence-corrected chi connectivity index (χ4v) is 5.74. The Kier molecular flexibility index (Phi) is 29.3. The molecule has 0 saturated heterocycles. The molecule has 26 nitrogen and oxygen atoms in total. The molecule has 70 heavy (non-hydrogen) atoms. The van der Waals surface area contributed by atoms with Crippen LogP contribution in [-0.4, -0.2) is 113 Å². The summed E-state index contributed by atoms with van der Waals surface area (Å²) in [4.78, 5) is 137. The average molecular weight is 974 g/mol. The van der Waals surface area contributed by atoms with Gasteiger partial charge in [-0.2, -0.15) is 35.8 Å². The summed E-state index contributed by atoms with van der Waals surface area (Å²) in [6.45, 7) is 2.72. The van der Waals surface area contributed by atoms with Gasteiger partial charge in [0, 0.05) is 16.7 Å². The van der Waals surface area contributed by atoms with Gasteiger partial charge in [-0.25, -0.2) is 43.2 Å². The van der Waals surface area contributed by atoms with Crippen molar-refractivity contribution in [3.8, 4) is 18.8 Å². The van der Waals surface area contributed by atoms with E-state index in [9.17, 15) is 52.7 Å². The molecule has 0 amide bonds. The zero-order valence-electron chi connectivity index (χ0n) is 38.3. The molecule has 7 unspecified atom stereocenters. The van der Waals surface area contributed by atoms with Crippen molar-refractivity contribution < 1.29 is 90.6 Å². The highest BCUT2D eigenvalue weighted by atomic mass is 16.6. The largest absolute Gasteiger partial charge is 0.467 e. The molecule has 0 radical (unpaired) electrons. The van der Waals surface area contributed by atoms with Crippen LogP contribution in [0.1, 0.15) is 97.7 Å². The number of hydrogen-bond acceptors (Lipinski definition) is 26. The van der Waals surface area contributed by atoms with Crippen molar-refractivity contribution in [3.63, 3.8) is 0 Å². The van der Waals surface area contributed by atoms with Gasteiger partial charge in [0.2, 0.25) is 42.6 Å². The van der Waals surface area contributed by atoms with Crippen molar-refractivity contribution in [2.24, 2.45) is 20.0 Å². The van der Waals surface area contributed by atoms with E-state index in [1.165, 1.54) is 87.3 Å². The number of unbranched alkanes of at least 4 members (excludes halogenated alkanes) is 1. The molecular formula is C44H43N7O19. The maximum Gasteiger partial charge on any atom is 0.353 e. The predicted octanol–water partition coefficient (Wildman–Crippen LogP) is 2.74. The zero-order chi connectivity index (χ0) is 53.2. The Morgan fingerprint density at radius 1 is 0.471 bits per heavy atom. The lowest BCUT2D eigenvalue weighted by Gasteiger charge is -2.19. The molecule has 0 saturated carbocycles. The van der Waals surface area contributed by atoms with Crippen LogP contribution in [0.15, 0.2) is 62.4 Å². The minimum atomic E-state index is -1.60. The van der Waals surface area contributed by atoms with E-state index >= 15 is 0 Å². The van der Waals surface area contributed by atoms with E-state index in [0.29, 0.717) is 25.7 Å². The van der Waals surface area contributed by atoms with Crippen LogP contribution < -0.4 is 0 Å². The van der Waals surface area contributed by atoms with Gasteiger partial charge in [0.1, 0.15) is 12.1 Å².